The van der Waals surface area contributed by atoms with Crippen LogP contribution in [0.4, 0.5) is 4.39 Å². The Morgan fingerprint density at radius 2 is 1.95 bits per heavy atom. The van der Waals surface area contributed by atoms with Crippen LogP contribution in [0.3, 0.4) is 0 Å². The average Bonchev–Trinajstić information content (AvgIpc) is 3.76. The third kappa shape index (κ3) is 5.22. The third-order valence-corrected chi connectivity index (χ3v) is 8.26. The van der Waals surface area contributed by atoms with E-state index < -0.39 is 11.7 Å². The van der Waals surface area contributed by atoms with Crippen molar-refractivity contribution >= 4 is 17.0 Å². The number of hydrogen-bond donors (Lipinski definition) is 1. The highest BCUT2D eigenvalue weighted by atomic mass is 32.1. The van der Waals surface area contributed by atoms with Crippen molar-refractivity contribution in [3.63, 3.8) is 0 Å². The van der Waals surface area contributed by atoms with E-state index in [1.54, 1.807) is 23.7 Å². The van der Waals surface area contributed by atoms with Gasteiger partial charge in [-0.25, -0.2) is 19.3 Å². The quantitative estimate of drug-likeness (QED) is 0.222. The number of aryl methyl sites for hydroxylation is 1. The Morgan fingerprint density at radius 3 is 2.65 bits per heavy atom. The summed E-state index contributed by atoms with van der Waals surface area (Å²) in [5.74, 6) is 1.44. The van der Waals surface area contributed by atoms with E-state index in [4.69, 9.17) is 14.6 Å². The van der Waals surface area contributed by atoms with E-state index in [0.29, 0.717) is 41.6 Å². The topological polar surface area (TPSA) is 94.2 Å². The minimum Gasteiger partial charge on any atom is -0.445 e. The SMILES string of the molecule is C=C(c1cc(-c2ncco2)cc(-c2ncc(C(C)(N)Cc3ccccc3)o2)c1)N1CC(F)CC1c1nc(C)cs1. The van der Waals surface area contributed by atoms with Gasteiger partial charge in [0, 0.05) is 40.9 Å². The normalized spacial score (nSPS) is 18.6. The second-order valence-electron chi connectivity index (χ2n) is 10.5. The first kappa shape index (κ1) is 26.2. The molecule has 2 N–H and O–H groups in total. The highest BCUT2D eigenvalue weighted by Crippen LogP contribution is 2.41. The number of benzene rings is 2. The summed E-state index contributed by atoms with van der Waals surface area (Å²) in [6.07, 6.45) is 4.80. The van der Waals surface area contributed by atoms with E-state index in [0.717, 1.165) is 27.4 Å². The van der Waals surface area contributed by atoms with Gasteiger partial charge in [0.15, 0.2) is 0 Å². The van der Waals surface area contributed by atoms with Gasteiger partial charge in [-0.05, 0) is 49.6 Å². The lowest BCUT2D eigenvalue weighted by atomic mass is 9.92. The Balaban J connectivity index is 1.36. The Bertz CT molecular complexity index is 1630. The zero-order valence-corrected chi connectivity index (χ0v) is 23.2. The van der Waals surface area contributed by atoms with Gasteiger partial charge in [-0.15, -0.1) is 11.3 Å². The Morgan fingerprint density at radius 1 is 1.18 bits per heavy atom. The highest BCUT2D eigenvalue weighted by molar-refractivity contribution is 7.09. The molecule has 0 radical (unpaired) electrons. The van der Waals surface area contributed by atoms with Gasteiger partial charge in [-0.2, -0.15) is 0 Å². The number of alkyl halides is 1. The van der Waals surface area contributed by atoms with Gasteiger partial charge >= 0.3 is 0 Å². The maximum Gasteiger partial charge on any atom is 0.226 e. The van der Waals surface area contributed by atoms with Crippen molar-refractivity contribution in [3.8, 4) is 22.9 Å². The molecule has 9 heteroatoms. The van der Waals surface area contributed by atoms with Crippen LogP contribution in [-0.4, -0.2) is 32.6 Å². The van der Waals surface area contributed by atoms with Crippen molar-refractivity contribution in [1.82, 2.24) is 19.9 Å². The van der Waals surface area contributed by atoms with Gasteiger partial charge in [0.25, 0.3) is 0 Å². The predicted octanol–water partition coefficient (Wildman–Crippen LogP) is 6.93. The van der Waals surface area contributed by atoms with Crippen LogP contribution in [0, 0.1) is 6.92 Å². The van der Waals surface area contributed by atoms with Crippen molar-refractivity contribution < 1.29 is 13.2 Å². The zero-order chi connectivity index (χ0) is 27.9. The molecule has 1 saturated heterocycles. The fourth-order valence-corrected chi connectivity index (χ4v) is 6.12. The monoisotopic (exact) mass is 555 g/mol. The third-order valence-electron chi connectivity index (χ3n) is 7.19. The smallest absolute Gasteiger partial charge is 0.226 e. The summed E-state index contributed by atoms with van der Waals surface area (Å²) in [5, 5.41) is 2.88. The summed E-state index contributed by atoms with van der Waals surface area (Å²) in [6.45, 7) is 8.51. The zero-order valence-electron chi connectivity index (χ0n) is 22.4. The lowest BCUT2D eigenvalue weighted by molar-refractivity contribution is 0.335. The molecule has 40 heavy (non-hydrogen) atoms. The first-order valence-electron chi connectivity index (χ1n) is 13.1. The van der Waals surface area contributed by atoms with Crippen LogP contribution in [0.1, 0.15) is 47.0 Å². The molecular weight excluding hydrogens is 525 g/mol. The minimum absolute atomic E-state index is 0.181. The van der Waals surface area contributed by atoms with E-state index >= 15 is 0 Å². The van der Waals surface area contributed by atoms with E-state index in [9.17, 15) is 4.39 Å². The Labute approximate surface area is 236 Å². The van der Waals surface area contributed by atoms with Crippen molar-refractivity contribution in [2.24, 2.45) is 5.73 Å². The van der Waals surface area contributed by atoms with E-state index in [-0.39, 0.29) is 12.6 Å². The molecule has 4 heterocycles. The number of thiazole rings is 1. The molecule has 7 nitrogen and oxygen atoms in total. The number of nitrogens with two attached hydrogens (primary N) is 1. The molecule has 1 fully saturated rings. The fourth-order valence-electron chi connectivity index (χ4n) is 5.19. The maximum absolute atomic E-state index is 14.7. The number of oxazole rings is 2. The number of halogens is 1. The first-order valence-corrected chi connectivity index (χ1v) is 14.0. The van der Waals surface area contributed by atoms with Crippen LogP contribution in [0.2, 0.25) is 0 Å². The molecule has 0 bridgehead atoms. The molecule has 0 saturated carbocycles. The Hall–Kier alpha value is -4.08. The summed E-state index contributed by atoms with van der Waals surface area (Å²) < 4.78 is 26.6. The van der Waals surface area contributed by atoms with E-state index in [2.05, 4.69) is 21.5 Å². The average molecular weight is 556 g/mol. The molecule has 1 aliphatic rings. The Kier molecular flexibility index (Phi) is 6.85. The molecular formula is C31H30FN5O2S. The molecule has 3 atom stereocenters. The maximum atomic E-state index is 14.7. The van der Waals surface area contributed by atoms with Gasteiger partial charge in [0.05, 0.1) is 24.0 Å². The first-order chi connectivity index (χ1) is 19.3. The molecule has 6 rings (SSSR count). The van der Waals surface area contributed by atoms with Crippen molar-refractivity contribution in [2.45, 2.75) is 44.4 Å². The summed E-state index contributed by atoms with van der Waals surface area (Å²) in [7, 11) is 0. The largest absolute Gasteiger partial charge is 0.445 e. The highest BCUT2D eigenvalue weighted by Gasteiger charge is 2.36. The van der Waals surface area contributed by atoms with Crippen LogP contribution in [0.25, 0.3) is 28.6 Å². The number of likely N-dealkylation sites (tertiary alicyclic amines) is 1. The number of rotatable bonds is 8. The van der Waals surface area contributed by atoms with E-state index in [1.807, 2.05) is 72.7 Å². The van der Waals surface area contributed by atoms with Crippen molar-refractivity contribution in [3.05, 3.63) is 107 Å². The summed E-state index contributed by atoms with van der Waals surface area (Å²) in [4.78, 5) is 15.6. The van der Waals surface area contributed by atoms with Gasteiger partial charge in [-0.1, -0.05) is 36.9 Å². The van der Waals surface area contributed by atoms with Gasteiger partial charge in [-0.3, -0.25) is 0 Å². The van der Waals surface area contributed by atoms with Gasteiger partial charge < -0.3 is 19.5 Å². The van der Waals surface area contributed by atoms with Crippen LogP contribution >= 0.6 is 11.3 Å². The molecule has 1 aliphatic heterocycles. The molecule has 0 amide bonds. The second kappa shape index (κ2) is 10.5. The lowest BCUT2D eigenvalue weighted by Gasteiger charge is -2.27. The standard InChI is InChI=1S/C31H30FN5O2S/c1-19-18-40-30(36-19)26-14-25(32)17-37(26)20(2)22-11-23(28-34-9-10-38-28)13-24(12-22)29-35-16-27(39-29)31(3,33)15-21-7-5-4-6-8-21/h4-13,16,18,25-26H,2,14-15,17,33H2,1,3H3. The lowest BCUT2D eigenvalue weighted by Crippen LogP contribution is -2.35. The second-order valence-corrected chi connectivity index (χ2v) is 11.4. The molecule has 0 spiro atoms. The van der Waals surface area contributed by atoms with Crippen LogP contribution in [0.5, 0.6) is 0 Å². The number of aromatic nitrogens is 3. The minimum atomic E-state index is -0.971. The molecule has 204 valence electrons. The van der Waals surface area contributed by atoms with Gasteiger partial charge in [0.1, 0.15) is 23.2 Å². The van der Waals surface area contributed by atoms with Crippen molar-refractivity contribution in [1.29, 1.82) is 0 Å². The van der Waals surface area contributed by atoms with Gasteiger partial charge in [0.2, 0.25) is 11.8 Å². The summed E-state index contributed by atoms with van der Waals surface area (Å²) in [6, 6.07) is 15.7. The molecule has 0 aliphatic carbocycles. The van der Waals surface area contributed by atoms with Crippen molar-refractivity contribution in [2.75, 3.05) is 6.54 Å². The molecule has 5 aromatic rings. The van der Waals surface area contributed by atoms with Crippen LogP contribution < -0.4 is 5.73 Å². The molecule has 3 unspecified atom stereocenters. The van der Waals surface area contributed by atoms with Crippen LogP contribution in [-0.2, 0) is 12.0 Å². The number of nitrogens with zero attached hydrogens (tertiary/aromatic N) is 4. The number of hydrogen-bond acceptors (Lipinski definition) is 8. The van der Waals surface area contributed by atoms with Crippen LogP contribution in [0.15, 0.2) is 88.0 Å². The fraction of sp³-hybridized carbons (Fsp3) is 0.258. The summed E-state index contributed by atoms with van der Waals surface area (Å²) >= 11 is 1.55. The predicted molar refractivity (Wildman–Crippen MR) is 154 cm³/mol. The molecule has 3 aromatic heterocycles. The summed E-state index contributed by atoms with van der Waals surface area (Å²) in [5.41, 5.74) is 10.9. The van der Waals surface area contributed by atoms with E-state index in [1.165, 1.54) is 6.26 Å². The molecule has 2 aromatic carbocycles.